The van der Waals surface area contributed by atoms with E-state index in [4.69, 9.17) is 0 Å². The molecule has 0 saturated heterocycles. The average molecular weight is 296 g/mol. The summed E-state index contributed by atoms with van der Waals surface area (Å²) in [5.74, 6) is 1.64. The van der Waals surface area contributed by atoms with Crippen LogP contribution in [-0.4, -0.2) is 10.9 Å². The van der Waals surface area contributed by atoms with E-state index in [0.29, 0.717) is 17.5 Å². The lowest BCUT2D eigenvalue weighted by Crippen LogP contribution is -2.44. The molecule has 2 bridgehead atoms. The highest BCUT2D eigenvalue weighted by molar-refractivity contribution is 6.07. The van der Waals surface area contributed by atoms with Crippen LogP contribution in [0.1, 0.15) is 57.1 Å². The normalized spacial score (nSPS) is 32.9. The zero-order chi connectivity index (χ0) is 15.5. The molecule has 3 aliphatic rings. The van der Waals surface area contributed by atoms with Crippen LogP contribution in [0.4, 0.5) is 0 Å². The lowest BCUT2D eigenvalue weighted by atomic mass is 9.54. The number of aromatic hydroxyl groups is 1. The predicted octanol–water partition coefficient (Wildman–Crippen LogP) is 4.51. The summed E-state index contributed by atoms with van der Waals surface area (Å²) in [6.07, 6.45) is 6.74. The molecule has 1 saturated carbocycles. The number of rotatable bonds is 2. The quantitative estimate of drug-likeness (QED) is 0.872. The zero-order valence-corrected chi connectivity index (χ0v) is 13.5. The molecular formula is C20H24O2. The van der Waals surface area contributed by atoms with Crippen LogP contribution in [0.3, 0.4) is 0 Å². The topological polar surface area (TPSA) is 37.3 Å². The minimum atomic E-state index is 0.160. The van der Waals surface area contributed by atoms with Crippen LogP contribution in [0.25, 0.3) is 5.57 Å². The number of carbonyl (C=O) groups excluding carboxylic acids is 1. The first-order valence-electron chi connectivity index (χ1n) is 8.64. The van der Waals surface area contributed by atoms with Gasteiger partial charge in [0.05, 0.1) is 0 Å². The van der Waals surface area contributed by atoms with Crippen molar-refractivity contribution in [2.24, 2.45) is 17.3 Å². The van der Waals surface area contributed by atoms with Gasteiger partial charge in [0.2, 0.25) is 0 Å². The molecule has 0 radical (unpaired) electrons. The lowest BCUT2D eigenvalue weighted by molar-refractivity contribution is -0.122. The lowest BCUT2D eigenvalue weighted by Gasteiger charge is -2.49. The predicted molar refractivity (Wildman–Crippen MR) is 87.6 cm³/mol. The van der Waals surface area contributed by atoms with Crippen LogP contribution in [-0.2, 0) is 11.2 Å². The Morgan fingerprint density at radius 3 is 2.91 bits per heavy atom. The van der Waals surface area contributed by atoms with Crippen LogP contribution < -0.4 is 0 Å². The Balaban J connectivity index is 1.93. The smallest absolute Gasteiger partial charge is 0.161 e. The van der Waals surface area contributed by atoms with Gasteiger partial charge in [0.15, 0.2) is 5.78 Å². The largest absolute Gasteiger partial charge is 0.508 e. The van der Waals surface area contributed by atoms with Gasteiger partial charge >= 0.3 is 0 Å². The maximum Gasteiger partial charge on any atom is 0.161 e. The molecule has 0 unspecified atom stereocenters. The summed E-state index contributed by atoms with van der Waals surface area (Å²) in [6.45, 7) is 4.30. The number of ketones is 1. The number of benzene rings is 1. The molecular weight excluding hydrogens is 272 g/mol. The van der Waals surface area contributed by atoms with Crippen molar-refractivity contribution in [1.29, 1.82) is 0 Å². The van der Waals surface area contributed by atoms with E-state index in [-0.39, 0.29) is 11.3 Å². The van der Waals surface area contributed by atoms with Crippen molar-refractivity contribution in [2.45, 2.75) is 52.4 Å². The van der Waals surface area contributed by atoms with E-state index in [0.717, 1.165) is 24.8 Å². The third-order valence-electron chi connectivity index (χ3n) is 6.37. The highest BCUT2D eigenvalue weighted by Crippen LogP contribution is 2.63. The summed E-state index contributed by atoms with van der Waals surface area (Å²) in [7, 11) is 0. The van der Waals surface area contributed by atoms with Gasteiger partial charge < -0.3 is 5.11 Å². The number of carbonyl (C=O) groups is 1. The fourth-order valence-electron chi connectivity index (χ4n) is 5.57. The van der Waals surface area contributed by atoms with Crippen molar-refractivity contribution < 1.29 is 9.90 Å². The summed E-state index contributed by atoms with van der Waals surface area (Å²) in [6, 6.07) is 5.72. The fourth-order valence-corrected chi connectivity index (χ4v) is 5.57. The Bertz CT molecular complexity index is 685. The number of fused-ring (bicyclic) bond motifs is 3. The van der Waals surface area contributed by atoms with Crippen molar-refractivity contribution in [3.63, 3.8) is 0 Å². The number of hydrogen-bond donors (Lipinski definition) is 1. The van der Waals surface area contributed by atoms with Crippen molar-refractivity contribution in [2.75, 3.05) is 0 Å². The van der Waals surface area contributed by atoms with Crippen molar-refractivity contribution in [3.8, 4) is 5.75 Å². The zero-order valence-electron chi connectivity index (χ0n) is 13.5. The standard InChI is InChI=1S/C20H24O2/c1-3-4-15-6-5-13-10-20(15)11-14-9-16(21)7-8-17(14)18(20)12(2)19(13)22/h7-9,13,15,21H,3-6,10-11H2,1-2H3/t13-,15-,20+/m1/s1. The molecule has 3 atom stereocenters. The summed E-state index contributed by atoms with van der Waals surface area (Å²) >= 11 is 0. The molecule has 1 fully saturated rings. The Morgan fingerprint density at radius 1 is 1.32 bits per heavy atom. The van der Waals surface area contributed by atoms with Gasteiger partial charge in [-0.15, -0.1) is 0 Å². The molecule has 2 nitrogen and oxygen atoms in total. The second kappa shape index (κ2) is 4.71. The van der Waals surface area contributed by atoms with Gasteiger partial charge in [-0.05, 0) is 79.4 Å². The highest BCUT2D eigenvalue weighted by Gasteiger charge is 2.55. The molecule has 0 aromatic heterocycles. The maximum absolute atomic E-state index is 12.7. The van der Waals surface area contributed by atoms with Crippen LogP contribution in [0, 0.1) is 17.3 Å². The third kappa shape index (κ3) is 1.70. The first-order valence-corrected chi connectivity index (χ1v) is 8.64. The van der Waals surface area contributed by atoms with Crippen molar-refractivity contribution >= 4 is 11.4 Å². The maximum atomic E-state index is 12.7. The molecule has 1 aromatic rings. The second-order valence-corrected chi connectivity index (χ2v) is 7.50. The van der Waals surface area contributed by atoms with E-state index < -0.39 is 0 Å². The van der Waals surface area contributed by atoms with Gasteiger partial charge in [-0.25, -0.2) is 0 Å². The van der Waals surface area contributed by atoms with Gasteiger partial charge in [0, 0.05) is 11.3 Å². The van der Waals surface area contributed by atoms with E-state index in [1.165, 1.54) is 36.0 Å². The minimum Gasteiger partial charge on any atom is -0.508 e. The number of hydrogen-bond acceptors (Lipinski definition) is 2. The number of phenols is 1. The van der Waals surface area contributed by atoms with Gasteiger partial charge in [-0.1, -0.05) is 19.4 Å². The fraction of sp³-hybridized carbons (Fsp3) is 0.550. The van der Waals surface area contributed by atoms with E-state index in [1.807, 2.05) is 19.1 Å². The molecule has 0 aliphatic heterocycles. The Kier molecular flexibility index (Phi) is 3.01. The van der Waals surface area contributed by atoms with Gasteiger partial charge in [0.25, 0.3) is 0 Å². The molecule has 2 heteroatoms. The van der Waals surface area contributed by atoms with E-state index >= 15 is 0 Å². The molecule has 0 heterocycles. The second-order valence-electron chi connectivity index (χ2n) is 7.50. The molecule has 0 amide bonds. The molecule has 22 heavy (non-hydrogen) atoms. The van der Waals surface area contributed by atoms with Crippen LogP contribution >= 0.6 is 0 Å². The number of phenolic OH excluding ortho intramolecular Hbond substituents is 1. The van der Waals surface area contributed by atoms with Gasteiger partial charge in [0.1, 0.15) is 5.75 Å². The molecule has 4 rings (SSSR count). The first kappa shape index (κ1) is 14.0. The monoisotopic (exact) mass is 296 g/mol. The average Bonchev–Trinajstić information content (AvgIpc) is 2.81. The molecule has 1 N–H and O–H groups in total. The summed E-state index contributed by atoms with van der Waals surface area (Å²) in [4.78, 5) is 12.7. The van der Waals surface area contributed by atoms with E-state index in [1.54, 1.807) is 6.07 Å². The summed E-state index contributed by atoms with van der Waals surface area (Å²) < 4.78 is 0. The third-order valence-corrected chi connectivity index (χ3v) is 6.37. The van der Waals surface area contributed by atoms with Crippen molar-refractivity contribution in [3.05, 3.63) is 34.9 Å². The van der Waals surface area contributed by atoms with Gasteiger partial charge in [-0.2, -0.15) is 0 Å². The van der Waals surface area contributed by atoms with Crippen LogP contribution in [0.5, 0.6) is 5.75 Å². The van der Waals surface area contributed by atoms with Crippen LogP contribution in [0.2, 0.25) is 0 Å². The Hall–Kier alpha value is -1.57. The van der Waals surface area contributed by atoms with E-state index in [9.17, 15) is 9.90 Å². The molecule has 3 aliphatic carbocycles. The number of allylic oxidation sites excluding steroid dienone is 2. The van der Waals surface area contributed by atoms with Crippen LogP contribution in [0.15, 0.2) is 23.8 Å². The Labute approximate surface area is 132 Å². The van der Waals surface area contributed by atoms with E-state index in [2.05, 4.69) is 6.92 Å². The summed E-state index contributed by atoms with van der Waals surface area (Å²) in [5.41, 5.74) is 4.95. The summed E-state index contributed by atoms with van der Waals surface area (Å²) in [5, 5.41) is 9.86. The number of Topliss-reactive ketones (excluding diaryl/α,β-unsaturated/α-hetero) is 1. The molecule has 116 valence electrons. The molecule has 1 aromatic carbocycles. The highest BCUT2D eigenvalue weighted by atomic mass is 16.3. The molecule has 1 spiro atoms. The van der Waals surface area contributed by atoms with Crippen molar-refractivity contribution in [1.82, 2.24) is 0 Å². The minimum absolute atomic E-state index is 0.160. The Morgan fingerprint density at radius 2 is 2.14 bits per heavy atom. The SMILES string of the molecule is CCC[C@@H]1CC[C@@H]2C[C@]13Cc1cc(O)ccc1C3=C(C)C2=O. The first-order chi connectivity index (χ1) is 10.6. The van der Waals surface area contributed by atoms with Gasteiger partial charge in [-0.3, -0.25) is 4.79 Å².